The first-order valence-corrected chi connectivity index (χ1v) is 29.9. The monoisotopic (exact) mass is 1100 g/mol. The van der Waals surface area contributed by atoms with Crippen molar-refractivity contribution in [2.24, 2.45) is 0 Å². The normalized spacial score (nSPS) is 12.9. The number of aryl methyl sites for hydroxylation is 1. The number of hydrogen-bond donors (Lipinski definition) is 0. The van der Waals surface area contributed by atoms with Gasteiger partial charge in [0.1, 0.15) is 11.2 Å². The number of anilines is 6. The molecule has 0 N–H and O–H groups in total. The molecule has 0 aliphatic heterocycles. The van der Waals surface area contributed by atoms with E-state index >= 15 is 0 Å². The van der Waals surface area contributed by atoms with E-state index in [0.717, 1.165) is 77.7 Å². The minimum absolute atomic E-state index is 0.0273. The van der Waals surface area contributed by atoms with E-state index in [1.54, 1.807) is 0 Å². The van der Waals surface area contributed by atoms with E-state index < -0.39 is 5.41 Å². The van der Waals surface area contributed by atoms with Gasteiger partial charge >= 0.3 is 0 Å². The van der Waals surface area contributed by atoms with Crippen molar-refractivity contribution in [2.75, 3.05) is 9.80 Å². The Hall–Kier alpha value is -9.27. The molecule has 1 unspecified atom stereocenters. The molecule has 13 aromatic rings. The smallest absolute Gasteiger partial charge is 0.138 e. The average Bonchev–Trinajstić information content (AvgIpc) is 1.51. The van der Waals surface area contributed by atoms with Gasteiger partial charge in [0.05, 0.1) is 16.8 Å². The summed E-state index contributed by atoms with van der Waals surface area (Å²) in [6, 6.07) is 99.4. The van der Waals surface area contributed by atoms with Gasteiger partial charge in [-0.05, 0) is 150 Å². The zero-order chi connectivity index (χ0) is 57.5. The number of benzene rings is 12. The largest absolute Gasteiger partial charge is 0.456 e. The van der Waals surface area contributed by atoms with Gasteiger partial charge in [-0.25, -0.2) is 0 Å². The van der Waals surface area contributed by atoms with Crippen LogP contribution in [0.25, 0.3) is 66.1 Å². The zero-order valence-electron chi connectivity index (χ0n) is 48.8. The van der Waals surface area contributed by atoms with Gasteiger partial charge in [0.2, 0.25) is 0 Å². The molecule has 12 aromatic carbocycles. The molecule has 3 nitrogen and oxygen atoms in total. The lowest BCUT2D eigenvalue weighted by atomic mass is 9.66. The molecule has 0 amide bonds. The maximum absolute atomic E-state index is 7.22. The lowest BCUT2D eigenvalue weighted by molar-refractivity contribution is 0.590. The number of fused-ring (bicyclic) bond motifs is 9. The van der Waals surface area contributed by atoms with Crippen molar-refractivity contribution in [1.29, 1.82) is 0 Å². The van der Waals surface area contributed by atoms with E-state index in [-0.39, 0.29) is 10.8 Å². The number of hydrogen-bond acceptors (Lipinski definition) is 3. The van der Waals surface area contributed by atoms with Gasteiger partial charge in [0.15, 0.2) is 0 Å². The molecule has 0 spiro atoms. The summed E-state index contributed by atoms with van der Waals surface area (Å²) in [4.78, 5) is 5.00. The Morgan fingerprint density at radius 1 is 0.381 bits per heavy atom. The molecule has 14 rings (SSSR count). The molecule has 1 atom stereocenters. The molecule has 0 radical (unpaired) electrons. The van der Waals surface area contributed by atoms with Gasteiger partial charge in [0.25, 0.3) is 0 Å². The summed E-state index contributed by atoms with van der Waals surface area (Å²) in [5.74, 6) is 0. The third kappa shape index (κ3) is 8.76. The topological polar surface area (TPSA) is 19.6 Å². The Labute approximate surface area is 496 Å². The standard InChI is InChI=1S/C80H67N2OP/c1-52-22-14-15-27-63(52)53-34-42-59(43-35-53)81(61-46-38-55(39-47-61)78(2,3)4)69-50-68-74(66-30-17-16-29-65(66)69)76-75-67-31-18-20-32-71(67)83-72(75)51-70(77(76)80(68,57-23-10-8-11-24-57)58-25-12-9-13-26-58)82(62-48-40-56(41-49-62)79(5,6)7)60-44-36-54(37-45-60)64-28-19-21-33-73(64)84/h8-51H,84H2,1-7H3. The minimum atomic E-state index is -0.897. The Bertz CT molecular complexity index is 4570. The van der Waals surface area contributed by atoms with Gasteiger partial charge in [-0.3, -0.25) is 0 Å². The van der Waals surface area contributed by atoms with Crippen LogP contribution in [0.4, 0.5) is 34.1 Å². The molecule has 1 heterocycles. The summed E-state index contributed by atoms with van der Waals surface area (Å²) in [7, 11) is 2.94. The lowest BCUT2D eigenvalue weighted by Gasteiger charge is -2.38. The quantitative estimate of drug-likeness (QED) is 0.127. The second kappa shape index (κ2) is 20.6. The van der Waals surface area contributed by atoms with Crippen LogP contribution in [0.15, 0.2) is 271 Å². The predicted molar refractivity (Wildman–Crippen MR) is 360 cm³/mol. The molecule has 0 saturated carbocycles. The van der Waals surface area contributed by atoms with Crippen LogP contribution in [0.2, 0.25) is 0 Å². The molecule has 84 heavy (non-hydrogen) atoms. The molecule has 1 aliphatic rings. The van der Waals surface area contributed by atoms with Crippen LogP contribution >= 0.6 is 9.24 Å². The lowest BCUT2D eigenvalue weighted by Crippen LogP contribution is -2.31. The molecule has 0 fully saturated rings. The van der Waals surface area contributed by atoms with Crippen LogP contribution in [0.1, 0.15) is 80.5 Å². The Morgan fingerprint density at radius 2 is 0.821 bits per heavy atom. The van der Waals surface area contributed by atoms with Crippen LogP contribution in [0.3, 0.4) is 0 Å². The number of nitrogens with zero attached hydrogens (tertiary/aromatic N) is 2. The summed E-state index contributed by atoms with van der Waals surface area (Å²) in [5.41, 5.74) is 22.8. The molecule has 0 saturated heterocycles. The fraction of sp³-hybridized carbons (Fsp3) is 0.125. The Balaban J connectivity index is 1.14. The van der Waals surface area contributed by atoms with Gasteiger partial charge in [-0.2, -0.15) is 0 Å². The van der Waals surface area contributed by atoms with Crippen LogP contribution in [0.5, 0.6) is 0 Å². The van der Waals surface area contributed by atoms with E-state index in [9.17, 15) is 0 Å². The second-order valence-electron chi connectivity index (χ2n) is 24.7. The fourth-order valence-electron chi connectivity index (χ4n) is 13.4. The minimum Gasteiger partial charge on any atom is -0.456 e. The average molecular weight is 1100 g/mol. The van der Waals surface area contributed by atoms with Gasteiger partial charge in [-0.1, -0.05) is 242 Å². The van der Waals surface area contributed by atoms with Gasteiger partial charge < -0.3 is 14.2 Å². The molecule has 4 heteroatoms. The maximum Gasteiger partial charge on any atom is 0.138 e. The Kier molecular flexibility index (Phi) is 12.9. The van der Waals surface area contributed by atoms with E-state index in [1.165, 1.54) is 66.8 Å². The SMILES string of the molecule is Cc1ccccc1-c1ccc(N(c2ccc(C(C)(C)C)cc2)c2cc3c(c4ccccc24)-c2c(c(N(c4ccc(-c5ccccc5P)cc4)c4ccc(C(C)(C)C)cc4)cc4oc5ccccc5c24)C3(c2ccccc2)c2ccccc2)cc1. The highest BCUT2D eigenvalue weighted by Crippen LogP contribution is 2.65. The maximum atomic E-state index is 7.22. The second-order valence-corrected chi connectivity index (χ2v) is 25.3. The molecule has 408 valence electrons. The highest BCUT2D eigenvalue weighted by Gasteiger charge is 2.51. The van der Waals surface area contributed by atoms with Crippen LogP contribution in [-0.4, -0.2) is 0 Å². The van der Waals surface area contributed by atoms with E-state index in [0.29, 0.717) is 0 Å². The molecule has 0 bridgehead atoms. The summed E-state index contributed by atoms with van der Waals surface area (Å²) >= 11 is 0. The summed E-state index contributed by atoms with van der Waals surface area (Å²) < 4.78 is 7.22. The fourth-order valence-corrected chi connectivity index (χ4v) is 13.7. The first-order valence-electron chi connectivity index (χ1n) is 29.4. The third-order valence-electron chi connectivity index (χ3n) is 17.6. The van der Waals surface area contributed by atoms with E-state index in [1.807, 2.05) is 0 Å². The number of para-hydroxylation sites is 1. The highest BCUT2D eigenvalue weighted by molar-refractivity contribution is 7.28. The highest BCUT2D eigenvalue weighted by atomic mass is 31.0. The van der Waals surface area contributed by atoms with Crippen LogP contribution in [0, 0.1) is 6.92 Å². The predicted octanol–water partition coefficient (Wildman–Crippen LogP) is 21.8. The Morgan fingerprint density at radius 3 is 1.36 bits per heavy atom. The van der Waals surface area contributed by atoms with Crippen molar-refractivity contribution in [1.82, 2.24) is 0 Å². The van der Waals surface area contributed by atoms with Gasteiger partial charge in [-0.15, -0.1) is 9.24 Å². The molecule has 1 aliphatic carbocycles. The van der Waals surface area contributed by atoms with Crippen LogP contribution < -0.4 is 15.1 Å². The third-order valence-corrected chi connectivity index (χ3v) is 18.1. The van der Waals surface area contributed by atoms with Crippen molar-refractivity contribution < 1.29 is 4.42 Å². The van der Waals surface area contributed by atoms with E-state index in [4.69, 9.17) is 4.42 Å². The van der Waals surface area contributed by atoms with Crippen molar-refractivity contribution in [3.05, 3.63) is 306 Å². The van der Waals surface area contributed by atoms with Gasteiger partial charge in [0, 0.05) is 56.1 Å². The summed E-state index contributed by atoms with van der Waals surface area (Å²) in [6.07, 6.45) is 0. The number of rotatable bonds is 10. The first kappa shape index (κ1) is 52.8. The first-order chi connectivity index (χ1) is 40.8. The molecular weight excluding hydrogens is 1040 g/mol. The van der Waals surface area contributed by atoms with E-state index in [2.05, 4.69) is 334 Å². The zero-order valence-corrected chi connectivity index (χ0v) is 49.9. The molecule has 1 aromatic heterocycles. The van der Waals surface area contributed by atoms with Crippen molar-refractivity contribution in [2.45, 2.75) is 64.7 Å². The molecular formula is C80H67N2OP. The van der Waals surface area contributed by atoms with Crippen molar-refractivity contribution >= 4 is 81.4 Å². The van der Waals surface area contributed by atoms with Crippen molar-refractivity contribution in [3.8, 4) is 33.4 Å². The summed E-state index contributed by atoms with van der Waals surface area (Å²) in [6.45, 7) is 15.9. The summed E-state index contributed by atoms with van der Waals surface area (Å²) in [5, 5.41) is 5.66. The van der Waals surface area contributed by atoms with Crippen molar-refractivity contribution in [3.63, 3.8) is 0 Å². The number of furan rings is 1. The van der Waals surface area contributed by atoms with Crippen LogP contribution in [-0.2, 0) is 16.2 Å².